The van der Waals surface area contributed by atoms with Gasteiger partial charge in [-0.2, -0.15) is 5.26 Å². The standard InChI is InChI=1S/C14H15N3O4/c1-2-21-14(18)9-16(11-3-4-11)13-6-5-12(17(19)20)7-10(13)8-15/h5-7,11H,2-4,9H2,1H3. The fourth-order valence-corrected chi connectivity index (χ4v) is 2.12. The van der Waals surface area contributed by atoms with E-state index < -0.39 is 4.92 Å². The van der Waals surface area contributed by atoms with Crippen LogP contribution in [0, 0.1) is 21.4 Å². The Morgan fingerprint density at radius 1 is 1.57 bits per heavy atom. The fourth-order valence-electron chi connectivity index (χ4n) is 2.12. The molecule has 0 amide bonds. The number of nitro benzene ring substituents is 1. The van der Waals surface area contributed by atoms with Crippen molar-refractivity contribution in [2.45, 2.75) is 25.8 Å². The van der Waals surface area contributed by atoms with Gasteiger partial charge in [0.25, 0.3) is 5.69 Å². The van der Waals surface area contributed by atoms with Crippen molar-refractivity contribution < 1.29 is 14.5 Å². The molecule has 7 nitrogen and oxygen atoms in total. The van der Waals surface area contributed by atoms with Crippen LogP contribution in [0.1, 0.15) is 25.3 Å². The highest BCUT2D eigenvalue weighted by Gasteiger charge is 2.32. The van der Waals surface area contributed by atoms with Gasteiger partial charge >= 0.3 is 5.97 Å². The van der Waals surface area contributed by atoms with Crippen LogP contribution in [-0.4, -0.2) is 30.1 Å². The molecule has 0 heterocycles. The maximum atomic E-state index is 11.7. The van der Waals surface area contributed by atoms with Crippen LogP contribution in [0.5, 0.6) is 0 Å². The summed E-state index contributed by atoms with van der Waals surface area (Å²) in [7, 11) is 0. The maximum absolute atomic E-state index is 11.7. The molecule has 1 fully saturated rings. The minimum Gasteiger partial charge on any atom is -0.465 e. The second kappa shape index (κ2) is 6.22. The maximum Gasteiger partial charge on any atom is 0.325 e. The van der Waals surface area contributed by atoms with E-state index in [9.17, 15) is 20.2 Å². The molecule has 1 aliphatic carbocycles. The molecule has 1 aromatic carbocycles. The molecule has 0 saturated heterocycles. The van der Waals surface area contributed by atoms with E-state index in [-0.39, 0.29) is 29.8 Å². The molecule has 21 heavy (non-hydrogen) atoms. The number of non-ortho nitro benzene ring substituents is 1. The minimum atomic E-state index is -0.544. The molecule has 1 aromatic rings. The summed E-state index contributed by atoms with van der Waals surface area (Å²) in [4.78, 5) is 23.7. The van der Waals surface area contributed by atoms with Crippen LogP contribution in [-0.2, 0) is 9.53 Å². The third-order valence-corrected chi connectivity index (χ3v) is 3.21. The quantitative estimate of drug-likeness (QED) is 0.451. The minimum absolute atomic E-state index is 0.0466. The topological polar surface area (TPSA) is 96.5 Å². The van der Waals surface area contributed by atoms with Gasteiger partial charge in [-0.3, -0.25) is 14.9 Å². The van der Waals surface area contributed by atoms with Gasteiger partial charge in [-0.05, 0) is 25.8 Å². The van der Waals surface area contributed by atoms with E-state index in [1.165, 1.54) is 18.2 Å². The monoisotopic (exact) mass is 289 g/mol. The number of ether oxygens (including phenoxy) is 1. The van der Waals surface area contributed by atoms with Crippen molar-refractivity contribution in [1.82, 2.24) is 0 Å². The summed E-state index contributed by atoms with van der Waals surface area (Å²) < 4.78 is 4.94. The van der Waals surface area contributed by atoms with Gasteiger partial charge in [0, 0.05) is 18.2 Å². The van der Waals surface area contributed by atoms with E-state index in [0.29, 0.717) is 12.3 Å². The van der Waals surface area contributed by atoms with Crippen molar-refractivity contribution in [1.29, 1.82) is 5.26 Å². The van der Waals surface area contributed by atoms with Gasteiger partial charge in [0.15, 0.2) is 0 Å². The molecule has 0 bridgehead atoms. The lowest BCUT2D eigenvalue weighted by Gasteiger charge is -2.24. The van der Waals surface area contributed by atoms with Gasteiger partial charge in [-0.1, -0.05) is 0 Å². The molecule has 0 radical (unpaired) electrons. The number of esters is 1. The smallest absolute Gasteiger partial charge is 0.325 e. The van der Waals surface area contributed by atoms with Crippen molar-refractivity contribution in [3.05, 3.63) is 33.9 Å². The summed E-state index contributed by atoms with van der Waals surface area (Å²) in [5, 5.41) is 20.0. The number of rotatable bonds is 6. The second-order valence-electron chi connectivity index (χ2n) is 4.73. The van der Waals surface area contributed by atoms with Crippen molar-refractivity contribution in [2.75, 3.05) is 18.1 Å². The summed E-state index contributed by atoms with van der Waals surface area (Å²) in [6, 6.07) is 6.24. The molecule has 1 aliphatic rings. The van der Waals surface area contributed by atoms with Gasteiger partial charge in [0.05, 0.1) is 22.8 Å². The van der Waals surface area contributed by atoms with E-state index in [1.807, 2.05) is 6.07 Å². The van der Waals surface area contributed by atoms with Crippen LogP contribution >= 0.6 is 0 Å². The van der Waals surface area contributed by atoms with Crippen molar-refractivity contribution in [3.63, 3.8) is 0 Å². The van der Waals surface area contributed by atoms with Gasteiger partial charge in [0.1, 0.15) is 12.6 Å². The normalized spacial score (nSPS) is 13.3. The lowest BCUT2D eigenvalue weighted by atomic mass is 10.1. The van der Waals surface area contributed by atoms with Crippen LogP contribution in [0.15, 0.2) is 18.2 Å². The highest BCUT2D eigenvalue weighted by molar-refractivity contribution is 5.78. The Bertz CT molecular complexity index is 605. The molecular formula is C14H15N3O4. The van der Waals surface area contributed by atoms with Crippen molar-refractivity contribution >= 4 is 17.3 Å². The van der Waals surface area contributed by atoms with E-state index in [2.05, 4.69) is 0 Å². The van der Waals surface area contributed by atoms with Crippen molar-refractivity contribution in [3.8, 4) is 6.07 Å². The Labute approximate surface area is 121 Å². The number of nitrogens with zero attached hydrogens (tertiary/aromatic N) is 3. The molecule has 2 rings (SSSR count). The molecule has 7 heteroatoms. The first-order valence-electron chi connectivity index (χ1n) is 6.67. The van der Waals surface area contributed by atoms with Crippen LogP contribution < -0.4 is 4.90 Å². The predicted molar refractivity (Wildman–Crippen MR) is 74.8 cm³/mol. The Kier molecular flexibility index (Phi) is 4.38. The van der Waals surface area contributed by atoms with E-state index in [0.717, 1.165) is 12.8 Å². The second-order valence-corrected chi connectivity index (χ2v) is 4.73. The first kappa shape index (κ1) is 14.8. The fraction of sp³-hybridized carbons (Fsp3) is 0.429. The number of nitro groups is 1. The zero-order chi connectivity index (χ0) is 15.4. The van der Waals surface area contributed by atoms with Gasteiger partial charge < -0.3 is 9.64 Å². The number of nitriles is 1. The number of hydrogen-bond acceptors (Lipinski definition) is 6. The van der Waals surface area contributed by atoms with Crippen LogP contribution in [0.4, 0.5) is 11.4 Å². The Hall–Kier alpha value is -2.62. The lowest BCUT2D eigenvalue weighted by molar-refractivity contribution is -0.384. The average molecular weight is 289 g/mol. The summed E-state index contributed by atoms with van der Waals surface area (Å²) in [6.45, 7) is 2.07. The third-order valence-electron chi connectivity index (χ3n) is 3.21. The molecule has 0 N–H and O–H groups in total. The Morgan fingerprint density at radius 2 is 2.29 bits per heavy atom. The zero-order valence-electron chi connectivity index (χ0n) is 11.6. The molecule has 0 unspecified atom stereocenters. The summed E-state index contributed by atoms with van der Waals surface area (Å²) in [6.07, 6.45) is 1.86. The summed E-state index contributed by atoms with van der Waals surface area (Å²) >= 11 is 0. The highest BCUT2D eigenvalue weighted by atomic mass is 16.6. The van der Waals surface area contributed by atoms with Gasteiger partial charge in [-0.25, -0.2) is 0 Å². The number of anilines is 1. The SMILES string of the molecule is CCOC(=O)CN(c1ccc([N+](=O)[O-])cc1C#N)C1CC1. The third kappa shape index (κ3) is 3.48. The Morgan fingerprint density at radius 3 is 2.81 bits per heavy atom. The largest absolute Gasteiger partial charge is 0.465 e. The van der Waals surface area contributed by atoms with Gasteiger partial charge in [-0.15, -0.1) is 0 Å². The molecule has 0 spiro atoms. The number of carbonyl (C=O) groups is 1. The summed E-state index contributed by atoms with van der Waals surface area (Å²) in [5.74, 6) is -0.369. The number of carbonyl (C=O) groups excluding carboxylic acids is 1. The van der Waals surface area contributed by atoms with Crippen LogP contribution in [0.2, 0.25) is 0 Å². The van der Waals surface area contributed by atoms with Crippen LogP contribution in [0.25, 0.3) is 0 Å². The van der Waals surface area contributed by atoms with Crippen molar-refractivity contribution in [2.24, 2.45) is 0 Å². The number of benzene rings is 1. The van der Waals surface area contributed by atoms with E-state index in [4.69, 9.17) is 4.74 Å². The zero-order valence-corrected chi connectivity index (χ0v) is 11.6. The van der Waals surface area contributed by atoms with Gasteiger partial charge in [0.2, 0.25) is 0 Å². The molecule has 110 valence electrons. The average Bonchev–Trinajstić information content (AvgIpc) is 3.29. The molecule has 0 atom stereocenters. The van der Waals surface area contributed by atoms with E-state index in [1.54, 1.807) is 11.8 Å². The molecule has 0 aliphatic heterocycles. The Balaban J connectivity index is 2.30. The van der Waals surface area contributed by atoms with E-state index >= 15 is 0 Å². The molecule has 0 aromatic heterocycles. The number of hydrogen-bond donors (Lipinski definition) is 0. The summed E-state index contributed by atoms with van der Waals surface area (Å²) in [5.41, 5.74) is 0.598. The first-order valence-corrected chi connectivity index (χ1v) is 6.67. The van der Waals surface area contributed by atoms with Crippen LogP contribution in [0.3, 0.4) is 0 Å². The molecule has 1 saturated carbocycles. The first-order chi connectivity index (χ1) is 10.1. The lowest BCUT2D eigenvalue weighted by Crippen LogP contribution is -2.33. The predicted octanol–water partition coefficient (Wildman–Crippen LogP) is 2.00. The highest BCUT2D eigenvalue weighted by Crippen LogP contribution is 2.34. The molecular weight excluding hydrogens is 274 g/mol.